The highest BCUT2D eigenvalue weighted by Crippen LogP contribution is 2.07. The molecule has 1 aliphatic rings. The van der Waals surface area contributed by atoms with Crippen LogP contribution in [0.2, 0.25) is 0 Å². The molecule has 1 N–H and O–H groups in total. The van der Waals surface area contributed by atoms with Crippen LogP contribution in [0, 0.1) is 0 Å². The van der Waals surface area contributed by atoms with Gasteiger partial charge in [-0.2, -0.15) is 0 Å². The van der Waals surface area contributed by atoms with Crippen molar-refractivity contribution in [2.75, 3.05) is 6.61 Å². The Morgan fingerprint density at radius 1 is 1.67 bits per heavy atom. The number of amides is 1. The summed E-state index contributed by atoms with van der Waals surface area (Å²) in [7, 11) is 0. The summed E-state index contributed by atoms with van der Waals surface area (Å²) in [6, 6.07) is -0.00127. The largest absolute Gasteiger partial charge is 0.447 e. The Bertz CT molecular complexity index is 277. The number of hydrogen-bond acceptors (Lipinski definition) is 2. The smallest absolute Gasteiger partial charge is 0.407 e. The summed E-state index contributed by atoms with van der Waals surface area (Å²) in [5.74, 6) is 0. The molecule has 3 heteroatoms. The van der Waals surface area contributed by atoms with E-state index in [1.54, 1.807) is 0 Å². The second-order valence-corrected chi connectivity index (χ2v) is 3.90. The average Bonchev–Trinajstić information content (AvgIpc) is 2.62. The van der Waals surface area contributed by atoms with Gasteiger partial charge in [0.2, 0.25) is 0 Å². The predicted octanol–water partition coefficient (Wildman–Crippen LogP) is 2.78. The van der Waals surface area contributed by atoms with Crippen LogP contribution in [0.15, 0.2) is 17.4 Å². The molecular weight excluding hydrogens is 190 g/mol. The number of cyclic esters (lactones) is 1. The van der Waals surface area contributed by atoms with E-state index in [2.05, 4.69) is 24.9 Å². The first-order valence-corrected chi connectivity index (χ1v) is 5.58. The third-order valence-electron chi connectivity index (χ3n) is 2.38. The summed E-state index contributed by atoms with van der Waals surface area (Å²) in [6.07, 6.45) is 6.36. The van der Waals surface area contributed by atoms with Crippen LogP contribution >= 0.6 is 0 Å². The summed E-state index contributed by atoms with van der Waals surface area (Å²) in [5, 5.41) is 2.68. The van der Waals surface area contributed by atoms with Crippen molar-refractivity contribution in [1.82, 2.24) is 5.32 Å². The molecular formula is C12H19NO2. The summed E-state index contributed by atoms with van der Waals surface area (Å²) in [6.45, 7) is 4.69. The minimum absolute atomic E-state index is 0.00127. The molecule has 1 atom stereocenters. The fourth-order valence-electron chi connectivity index (χ4n) is 1.45. The van der Waals surface area contributed by atoms with Gasteiger partial charge in [-0.3, -0.25) is 0 Å². The minimum atomic E-state index is -0.332. The van der Waals surface area contributed by atoms with E-state index in [4.69, 9.17) is 4.74 Å². The van der Waals surface area contributed by atoms with Gasteiger partial charge < -0.3 is 10.1 Å². The lowest BCUT2D eigenvalue weighted by atomic mass is 10.1. The molecule has 1 aliphatic heterocycles. The van der Waals surface area contributed by atoms with Crippen LogP contribution in [0.5, 0.6) is 0 Å². The fraction of sp³-hybridized carbons (Fsp3) is 0.667. The summed E-state index contributed by atoms with van der Waals surface area (Å²) >= 11 is 0. The fourth-order valence-corrected chi connectivity index (χ4v) is 1.45. The maximum absolute atomic E-state index is 10.7. The van der Waals surface area contributed by atoms with E-state index in [1.165, 1.54) is 24.8 Å². The zero-order valence-electron chi connectivity index (χ0n) is 9.51. The van der Waals surface area contributed by atoms with Gasteiger partial charge in [-0.1, -0.05) is 19.8 Å². The van der Waals surface area contributed by atoms with Crippen LogP contribution in [-0.4, -0.2) is 18.7 Å². The SMILES string of the molecule is CCCCCC(C)=C=CC1COC(=O)N1. The van der Waals surface area contributed by atoms with E-state index in [0.717, 1.165) is 6.42 Å². The van der Waals surface area contributed by atoms with Gasteiger partial charge in [0.05, 0.1) is 6.04 Å². The molecule has 0 radical (unpaired) electrons. The van der Waals surface area contributed by atoms with Crippen molar-refractivity contribution in [1.29, 1.82) is 0 Å². The van der Waals surface area contributed by atoms with Gasteiger partial charge in [0.25, 0.3) is 0 Å². The second kappa shape index (κ2) is 6.31. The van der Waals surface area contributed by atoms with E-state index >= 15 is 0 Å². The molecule has 1 unspecified atom stereocenters. The monoisotopic (exact) mass is 209 g/mol. The average molecular weight is 209 g/mol. The van der Waals surface area contributed by atoms with Gasteiger partial charge in [-0.25, -0.2) is 4.79 Å². The first kappa shape index (κ1) is 11.9. The number of alkyl carbamates (subject to hydrolysis) is 1. The van der Waals surface area contributed by atoms with Crippen molar-refractivity contribution in [3.05, 3.63) is 17.4 Å². The van der Waals surface area contributed by atoms with Crippen molar-refractivity contribution in [3.8, 4) is 0 Å². The van der Waals surface area contributed by atoms with Gasteiger partial charge in [-0.15, -0.1) is 5.73 Å². The Hall–Kier alpha value is -1.21. The molecule has 3 nitrogen and oxygen atoms in total. The maximum atomic E-state index is 10.7. The summed E-state index contributed by atoms with van der Waals surface area (Å²) < 4.78 is 4.77. The van der Waals surface area contributed by atoms with Gasteiger partial charge in [0, 0.05) is 0 Å². The highest BCUT2D eigenvalue weighted by Gasteiger charge is 2.18. The van der Waals surface area contributed by atoms with Crippen LogP contribution in [-0.2, 0) is 4.74 Å². The number of carbonyl (C=O) groups is 1. The number of hydrogen-bond donors (Lipinski definition) is 1. The molecule has 0 aliphatic carbocycles. The van der Waals surface area contributed by atoms with E-state index in [0.29, 0.717) is 6.61 Å². The van der Waals surface area contributed by atoms with Crippen molar-refractivity contribution >= 4 is 6.09 Å². The van der Waals surface area contributed by atoms with Crippen molar-refractivity contribution in [2.24, 2.45) is 0 Å². The molecule has 1 amide bonds. The van der Waals surface area contributed by atoms with Gasteiger partial charge in [0.1, 0.15) is 6.61 Å². The lowest BCUT2D eigenvalue weighted by molar-refractivity contribution is 0.177. The number of unbranched alkanes of at least 4 members (excludes halogenated alkanes) is 2. The first-order valence-electron chi connectivity index (χ1n) is 5.58. The quantitative estimate of drug-likeness (QED) is 0.558. The first-order chi connectivity index (χ1) is 7.22. The summed E-state index contributed by atoms with van der Waals surface area (Å²) in [4.78, 5) is 10.7. The highest BCUT2D eigenvalue weighted by molar-refractivity contribution is 5.70. The van der Waals surface area contributed by atoms with E-state index in [9.17, 15) is 4.79 Å². The molecule has 1 rings (SSSR count). The van der Waals surface area contributed by atoms with E-state index < -0.39 is 0 Å². The predicted molar refractivity (Wildman–Crippen MR) is 59.7 cm³/mol. The number of carbonyl (C=O) groups excluding carboxylic acids is 1. The third kappa shape index (κ3) is 4.71. The Kier molecular flexibility index (Phi) is 4.99. The van der Waals surface area contributed by atoms with E-state index in [1.807, 2.05) is 6.08 Å². The zero-order chi connectivity index (χ0) is 11.1. The molecule has 1 fully saturated rings. The van der Waals surface area contributed by atoms with Crippen LogP contribution in [0.3, 0.4) is 0 Å². The second-order valence-electron chi connectivity index (χ2n) is 3.90. The minimum Gasteiger partial charge on any atom is -0.447 e. The Morgan fingerprint density at radius 3 is 3.07 bits per heavy atom. The van der Waals surface area contributed by atoms with Gasteiger partial charge >= 0.3 is 6.09 Å². The lowest BCUT2D eigenvalue weighted by Crippen LogP contribution is -2.23. The molecule has 1 saturated heterocycles. The normalized spacial score (nSPS) is 19.1. The molecule has 1 heterocycles. The number of nitrogens with one attached hydrogen (secondary N) is 1. The third-order valence-corrected chi connectivity index (χ3v) is 2.38. The summed E-state index contributed by atoms with van der Waals surface area (Å²) in [5.41, 5.74) is 4.44. The van der Waals surface area contributed by atoms with Crippen molar-refractivity contribution in [2.45, 2.75) is 45.6 Å². The van der Waals surface area contributed by atoms with Crippen LogP contribution in [0.1, 0.15) is 39.5 Å². The Labute approximate surface area is 91.2 Å². The van der Waals surface area contributed by atoms with Gasteiger partial charge in [0.15, 0.2) is 0 Å². The van der Waals surface area contributed by atoms with E-state index in [-0.39, 0.29) is 12.1 Å². The zero-order valence-corrected chi connectivity index (χ0v) is 9.51. The molecule has 15 heavy (non-hydrogen) atoms. The number of ether oxygens (including phenoxy) is 1. The standard InChI is InChI=1S/C12H19NO2/c1-3-4-5-6-10(2)7-8-11-9-15-12(14)13-11/h8,11H,3-6,9H2,1-2H3,(H,13,14). The molecule has 84 valence electrons. The van der Waals surface area contributed by atoms with Crippen LogP contribution in [0.25, 0.3) is 0 Å². The van der Waals surface area contributed by atoms with Gasteiger partial charge in [-0.05, 0) is 31.4 Å². The Balaban J connectivity index is 2.33. The van der Waals surface area contributed by atoms with Crippen LogP contribution in [0.4, 0.5) is 4.79 Å². The topological polar surface area (TPSA) is 38.3 Å². The van der Waals surface area contributed by atoms with Crippen LogP contribution < -0.4 is 5.32 Å². The highest BCUT2D eigenvalue weighted by atomic mass is 16.6. The van der Waals surface area contributed by atoms with Crippen molar-refractivity contribution < 1.29 is 9.53 Å². The molecule has 0 saturated carbocycles. The molecule has 0 spiro atoms. The number of rotatable bonds is 5. The maximum Gasteiger partial charge on any atom is 0.407 e. The Morgan fingerprint density at radius 2 is 2.47 bits per heavy atom. The molecule has 0 aromatic rings. The molecule has 0 bridgehead atoms. The lowest BCUT2D eigenvalue weighted by Gasteiger charge is -1.98. The molecule has 0 aromatic heterocycles. The van der Waals surface area contributed by atoms with Crippen molar-refractivity contribution in [3.63, 3.8) is 0 Å². The molecule has 0 aromatic carbocycles.